The lowest BCUT2D eigenvalue weighted by atomic mass is 10.2. The molecule has 8 heteroatoms. The van der Waals surface area contributed by atoms with Crippen molar-refractivity contribution in [2.75, 3.05) is 33.3 Å². The summed E-state index contributed by atoms with van der Waals surface area (Å²) in [5, 5.41) is 27.8. The van der Waals surface area contributed by atoms with Gasteiger partial charge in [0.25, 0.3) is 0 Å². The molecule has 0 fully saturated rings. The molecule has 182 valence electrons. The van der Waals surface area contributed by atoms with Crippen molar-refractivity contribution < 1.29 is 24.5 Å². The van der Waals surface area contributed by atoms with Crippen LogP contribution in [-0.4, -0.2) is 55.3 Å². The Morgan fingerprint density at radius 2 is 1.35 bits per heavy atom. The second-order valence-corrected chi connectivity index (χ2v) is 7.58. The van der Waals surface area contributed by atoms with Gasteiger partial charge in [0.15, 0.2) is 11.5 Å². The van der Waals surface area contributed by atoms with E-state index in [-0.39, 0.29) is 23.3 Å². The van der Waals surface area contributed by atoms with Crippen LogP contribution in [0.4, 0.5) is 0 Å². The summed E-state index contributed by atoms with van der Waals surface area (Å²) in [6.07, 6.45) is 8.92. The normalized spacial score (nSPS) is 11.1. The predicted octanol–water partition coefficient (Wildman–Crippen LogP) is 2.83. The number of aromatic hydroxyl groups is 2. The predicted molar refractivity (Wildman–Crippen MR) is 134 cm³/mol. The number of phenols is 2. The number of methoxy groups -OCH3 is 1. The van der Waals surface area contributed by atoms with E-state index >= 15 is 0 Å². The molecular weight excluding hydrogens is 434 g/mol. The van der Waals surface area contributed by atoms with Crippen molar-refractivity contribution in [1.82, 2.24) is 16.0 Å². The summed E-state index contributed by atoms with van der Waals surface area (Å²) < 4.78 is 5.05. The molecule has 2 rings (SSSR count). The zero-order valence-corrected chi connectivity index (χ0v) is 19.4. The zero-order chi connectivity index (χ0) is 24.6. The van der Waals surface area contributed by atoms with E-state index < -0.39 is 0 Å². The molecule has 0 atom stereocenters. The molecule has 8 nitrogen and oxygen atoms in total. The summed E-state index contributed by atoms with van der Waals surface area (Å²) in [5.41, 5.74) is 1.61. The second kappa shape index (κ2) is 15.1. The minimum Gasteiger partial charge on any atom is -0.508 e. The Bertz CT molecular complexity index is 971. The Labute approximate surface area is 200 Å². The van der Waals surface area contributed by atoms with E-state index in [9.17, 15) is 19.8 Å². The number of hydrogen-bond acceptors (Lipinski definition) is 6. The Morgan fingerprint density at radius 1 is 0.794 bits per heavy atom. The first-order valence-corrected chi connectivity index (χ1v) is 11.3. The Kier molecular flexibility index (Phi) is 11.8. The van der Waals surface area contributed by atoms with Crippen LogP contribution in [0.1, 0.15) is 30.4 Å². The molecule has 2 aromatic carbocycles. The van der Waals surface area contributed by atoms with E-state index in [2.05, 4.69) is 16.0 Å². The van der Waals surface area contributed by atoms with Crippen LogP contribution in [0.15, 0.2) is 54.6 Å². The number of unbranched alkanes of at least 4 members (excludes halogenated alkanes) is 1. The standard InChI is InChI=1S/C26H33N3O5/c1-34-24-19-21(7-12-23(24)31)9-14-26(33)29-18-4-16-27-15-2-3-17-28-25(32)13-8-20-5-10-22(30)11-6-20/h5-14,19,27,30-31H,2-4,15-18H2,1H3,(H,28,32)(H,29,33)/b13-8+,14-9+. The van der Waals surface area contributed by atoms with Gasteiger partial charge in [0, 0.05) is 25.2 Å². The highest BCUT2D eigenvalue weighted by molar-refractivity contribution is 5.92. The lowest BCUT2D eigenvalue weighted by Gasteiger charge is -2.06. The van der Waals surface area contributed by atoms with Crippen molar-refractivity contribution in [1.29, 1.82) is 0 Å². The number of amides is 2. The molecule has 0 bridgehead atoms. The molecule has 2 aromatic rings. The van der Waals surface area contributed by atoms with Gasteiger partial charge in [-0.3, -0.25) is 9.59 Å². The molecule has 0 saturated carbocycles. The van der Waals surface area contributed by atoms with Gasteiger partial charge >= 0.3 is 0 Å². The summed E-state index contributed by atoms with van der Waals surface area (Å²) >= 11 is 0. The van der Waals surface area contributed by atoms with Crippen LogP contribution in [0.3, 0.4) is 0 Å². The van der Waals surface area contributed by atoms with Crippen molar-refractivity contribution in [2.45, 2.75) is 19.3 Å². The lowest BCUT2D eigenvalue weighted by Crippen LogP contribution is -2.27. The molecular formula is C26H33N3O5. The molecule has 0 radical (unpaired) electrons. The third-order valence-corrected chi connectivity index (χ3v) is 4.86. The molecule has 0 aliphatic rings. The largest absolute Gasteiger partial charge is 0.508 e. The van der Waals surface area contributed by atoms with Gasteiger partial charge in [-0.25, -0.2) is 0 Å². The molecule has 0 aliphatic heterocycles. The fourth-order valence-corrected chi connectivity index (χ4v) is 2.98. The van der Waals surface area contributed by atoms with E-state index in [1.807, 2.05) is 0 Å². The van der Waals surface area contributed by atoms with Gasteiger partial charge in [0.1, 0.15) is 5.75 Å². The summed E-state index contributed by atoms with van der Waals surface area (Å²) in [6.45, 7) is 2.81. The molecule has 0 aliphatic carbocycles. The quantitative estimate of drug-likeness (QED) is 0.215. The number of carbonyl (C=O) groups excluding carboxylic acids is 2. The zero-order valence-electron chi connectivity index (χ0n) is 19.4. The van der Waals surface area contributed by atoms with Crippen LogP contribution >= 0.6 is 0 Å². The van der Waals surface area contributed by atoms with Gasteiger partial charge in [-0.2, -0.15) is 0 Å². The van der Waals surface area contributed by atoms with Crippen LogP contribution in [0.2, 0.25) is 0 Å². The number of ether oxygens (including phenoxy) is 1. The van der Waals surface area contributed by atoms with E-state index in [0.29, 0.717) is 18.8 Å². The van der Waals surface area contributed by atoms with E-state index in [1.165, 1.54) is 25.3 Å². The number of nitrogens with one attached hydrogen (secondary N) is 3. The molecule has 34 heavy (non-hydrogen) atoms. The summed E-state index contributed by atoms with van der Waals surface area (Å²) in [6, 6.07) is 11.5. The van der Waals surface area contributed by atoms with E-state index in [4.69, 9.17) is 4.74 Å². The van der Waals surface area contributed by atoms with Crippen LogP contribution in [0.25, 0.3) is 12.2 Å². The third-order valence-electron chi connectivity index (χ3n) is 4.86. The highest BCUT2D eigenvalue weighted by Gasteiger charge is 2.01. The van der Waals surface area contributed by atoms with Crippen LogP contribution in [0.5, 0.6) is 17.2 Å². The Balaban J connectivity index is 1.46. The minimum absolute atomic E-state index is 0.0560. The number of phenolic OH excluding ortho intramolecular Hbond substituents is 2. The third kappa shape index (κ3) is 10.7. The average molecular weight is 468 g/mol. The maximum absolute atomic E-state index is 11.9. The molecule has 0 heterocycles. The van der Waals surface area contributed by atoms with Gasteiger partial charge in [-0.15, -0.1) is 0 Å². The van der Waals surface area contributed by atoms with Gasteiger partial charge in [-0.05, 0) is 79.9 Å². The molecule has 2 amide bonds. The highest BCUT2D eigenvalue weighted by atomic mass is 16.5. The molecule has 0 aromatic heterocycles. The van der Waals surface area contributed by atoms with E-state index in [1.54, 1.807) is 48.6 Å². The topological polar surface area (TPSA) is 120 Å². The van der Waals surface area contributed by atoms with Gasteiger partial charge in [0.2, 0.25) is 11.8 Å². The van der Waals surface area contributed by atoms with Gasteiger partial charge in [0.05, 0.1) is 7.11 Å². The van der Waals surface area contributed by atoms with Crippen molar-refractivity contribution in [3.05, 3.63) is 65.7 Å². The number of rotatable bonds is 14. The first-order chi connectivity index (χ1) is 16.5. The summed E-state index contributed by atoms with van der Waals surface area (Å²) in [5.74, 6) is 0.289. The van der Waals surface area contributed by atoms with Crippen molar-refractivity contribution in [2.24, 2.45) is 0 Å². The first-order valence-electron chi connectivity index (χ1n) is 11.3. The first kappa shape index (κ1) is 26.5. The van der Waals surface area contributed by atoms with Crippen molar-refractivity contribution in [3.63, 3.8) is 0 Å². The minimum atomic E-state index is -0.178. The van der Waals surface area contributed by atoms with Crippen LogP contribution < -0.4 is 20.7 Å². The van der Waals surface area contributed by atoms with Gasteiger partial charge < -0.3 is 30.9 Å². The molecule has 5 N–H and O–H groups in total. The SMILES string of the molecule is COc1cc(/C=C/C(=O)NCCCNCCCCNC(=O)/C=C/c2ccc(O)cc2)ccc1O. The van der Waals surface area contributed by atoms with Crippen LogP contribution in [0, 0.1) is 0 Å². The fourth-order valence-electron chi connectivity index (χ4n) is 2.98. The average Bonchev–Trinajstić information content (AvgIpc) is 2.84. The maximum Gasteiger partial charge on any atom is 0.243 e. The Hall–Kier alpha value is -3.78. The highest BCUT2D eigenvalue weighted by Crippen LogP contribution is 2.26. The summed E-state index contributed by atoms with van der Waals surface area (Å²) in [7, 11) is 1.47. The molecule has 0 unspecified atom stereocenters. The van der Waals surface area contributed by atoms with Crippen molar-refractivity contribution in [3.8, 4) is 17.2 Å². The Morgan fingerprint density at radius 3 is 2.03 bits per heavy atom. The van der Waals surface area contributed by atoms with E-state index in [0.717, 1.165) is 43.5 Å². The van der Waals surface area contributed by atoms with Crippen molar-refractivity contribution >= 4 is 24.0 Å². The fraction of sp³-hybridized carbons (Fsp3) is 0.308. The summed E-state index contributed by atoms with van der Waals surface area (Å²) in [4.78, 5) is 23.7. The molecule has 0 spiro atoms. The van der Waals surface area contributed by atoms with Crippen LogP contribution in [-0.2, 0) is 9.59 Å². The monoisotopic (exact) mass is 467 g/mol. The lowest BCUT2D eigenvalue weighted by molar-refractivity contribution is -0.117. The number of benzene rings is 2. The number of carbonyl (C=O) groups is 2. The van der Waals surface area contributed by atoms with Gasteiger partial charge in [-0.1, -0.05) is 18.2 Å². The molecule has 0 saturated heterocycles. The maximum atomic E-state index is 11.9. The smallest absolute Gasteiger partial charge is 0.243 e. The number of hydrogen-bond donors (Lipinski definition) is 5. The second-order valence-electron chi connectivity index (χ2n) is 7.58.